The van der Waals surface area contributed by atoms with Gasteiger partial charge < -0.3 is 9.84 Å². The molecular weight excluding hydrogens is 366 g/mol. The van der Waals surface area contributed by atoms with Crippen LogP contribution in [0.2, 0.25) is 5.02 Å². The third-order valence-electron chi connectivity index (χ3n) is 3.49. The summed E-state index contributed by atoms with van der Waals surface area (Å²) in [4.78, 5) is 11.1. The lowest BCUT2D eigenvalue weighted by Gasteiger charge is -2.17. The van der Waals surface area contributed by atoms with E-state index in [1.807, 2.05) is 0 Å². The number of ether oxygens (including phenoxy) is 1. The average molecular weight is 384 g/mol. The summed E-state index contributed by atoms with van der Waals surface area (Å²) >= 11 is 5.77. The van der Waals surface area contributed by atoms with Gasteiger partial charge in [-0.1, -0.05) is 17.7 Å². The molecule has 0 aromatic heterocycles. The Bertz CT molecular complexity index is 836. The van der Waals surface area contributed by atoms with Crippen molar-refractivity contribution in [1.82, 2.24) is 4.31 Å². The normalized spacial score (nSPS) is 11.5. The second kappa shape index (κ2) is 8.33. The third kappa shape index (κ3) is 5.19. The molecule has 2 aromatic carbocycles. The van der Waals surface area contributed by atoms with E-state index in [4.69, 9.17) is 21.4 Å². The Morgan fingerprint density at radius 3 is 2.52 bits per heavy atom. The van der Waals surface area contributed by atoms with Crippen LogP contribution in [0.5, 0.6) is 5.75 Å². The van der Waals surface area contributed by atoms with Crippen LogP contribution in [0.25, 0.3) is 0 Å². The van der Waals surface area contributed by atoms with Gasteiger partial charge in [-0.05, 0) is 48.9 Å². The Labute approximate surface area is 151 Å². The summed E-state index contributed by atoms with van der Waals surface area (Å²) in [6, 6.07) is 12.1. The van der Waals surface area contributed by atoms with E-state index in [1.54, 1.807) is 12.1 Å². The van der Waals surface area contributed by atoms with Gasteiger partial charge in [0.05, 0.1) is 17.1 Å². The van der Waals surface area contributed by atoms with Gasteiger partial charge in [0.1, 0.15) is 5.75 Å². The molecule has 0 aliphatic heterocycles. The molecule has 2 rings (SSSR count). The fourth-order valence-corrected chi connectivity index (χ4v) is 3.44. The Kier molecular flexibility index (Phi) is 6.41. The molecule has 0 saturated carbocycles. The molecule has 0 radical (unpaired) electrons. The van der Waals surface area contributed by atoms with E-state index in [1.165, 1.54) is 47.8 Å². The highest BCUT2D eigenvalue weighted by molar-refractivity contribution is 7.89. The number of sulfonamides is 1. The van der Waals surface area contributed by atoms with Crippen LogP contribution in [0.4, 0.5) is 0 Å². The Balaban J connectivity index is 1.88. The molecule has 0 bridgehead atoms. The number of aromatic carboxylic acids is 1. The zero-order valence-electron chi connectivity index (χ0n) is 13.6. The van der Waals surface area contributed by atoms with E-state index >= 15 is 0 Å². The van der Waals surface area contributed by atoms with E-state index < -0.39 is 16.0 Å². The molecule has 0 saturated heterocycles. The molecule has 0 fully saturated rings. The lowest BCUT2D eigenvalue weighted by molar-refractivity contribution is 0.0696. The lowest BCUT2D eigenvalue weighted by Crippen LogP contribution is -2.28. The number of halogens is 1. The van der Waals surface area contributed by atoms with Gasteiger partial charge in [-0.2, -0.15) is 0 Å². The molecule has 0 unspecified atom stereocenters. The predicted octanol–water partition coefficient (Wildman–Crippen LogP) is 3.13. The highest BCUT2D eigenvalue weighted by Crippen LogP contribution is 2.18. The van der Waals surface area contributed by atoms with E-state index in [0.29, 0.717) is 17.2 Å². The number of carboxylic acid groups (broad SMARTS) is 1. The Morgan fingerprint density at radius 2 is 1.88 bits per heavy atom. The van der Waals surface area contributed by atoms with Crippen molar-refractivity contribution >= 4 is 27.6 Å². The number of carbonyl (C=O) groups is 1. The average Bonchev–Trinajstić information content (AvgIpc) is 2.59. The van der Waals surface area contributed by atoms with Crippen molar-refractivity contribution < 1.29 is 23.1 Å². The van der Waals surface area contributed by atoms with Crippen molar-refractivity contribution in [3.8, 4) is 5.75 Å². The molecule has 0 atom stereocenters. The highest BCUT2D eigenvalue weighted by Gasteiger charge is 2.20. The molecule has 134 valence electrons. The number of rotatable bonds is 8. The minimum absolute atomic E-state index is 0.139. The first kappa shape index (κ1) is 19.2. The van der Waals surface area contributed by atoms with Gasteiger partial charge in [0.15, 0.2) is 0 Å². The third-order valence-corrected chi connectivity index (χ3v) is 5.61. The zero-order chi connectivity index (χ0) is 18.4. The Hall–Kier alpha value is -2.09. The van der Waals surface area contributed by atoms with Crippen LogP contribution < -0.4 is 4.74 Å². The predicted molar refractivity (Wildman–Crippen MR) is 94.8 cm³/mol. The van der Waals surface area contributed by atoms with Crippen molar-refractivity contribution in [2.75, 3.05) is 20.2 Å². The van der Waals surface area contributed by atoms with Crippen LogP contribution >= 0.6 is 11.6 Å². The monoisotopic (exact) mass is 383 g/mol. The summed E-state index contributed by atoms with van der Waals surface area (Å²) in [5, 5.41) is 9.40. The molecule has 0 aliphatic carbocycles. The fourth-order valence-electron chi connectivity index (χ4n) is 2.10. The first-order chi connectivity index (χ1) is 11.8. The number of nitrogens with zero attached hydrogens (tertiary/aromatic N) is 1. The van der Waals surface area contributed by atoms with Crippen LogP contribution in [0.3, 0.4) is 0 Å². The first-order valence-electron chi connectivity index (χ1n) is 7.49. The topological polar surface area (TPSA) is 83.9 Å². The number of carboxylic acids is 1. The Morgan fingerprint density at radius 1 is 1.20 bits per heavy atom. The summed E-state index contributed by atoms with van der Waals surface area (Å²) in [6.07, 6.45) is 0.459. The smallest absolute Gasteiger partial charge is 0.335 e. The lowest BCUT2D eigenvalue weighted by atomic mass is 10.2. The van der Waals surface area contributed by atoms with Gasteiger partial charge in [-0.15, -0.1) is 0 Å². The molecule has 0 aliphatic rings. The van der Waals surface area contributed by atoms with Gasteiger partial charge in [-0.25, -0.2) is 17.5 Å². The summed E-state index contributed by atoms with van der Waals surface area (Å²) in [6.45, 7) is 0.535. The molecule has 25 heavy (non-hydrogen) atoms. The summed E-state index contributed by atoms with van der Waals surface area (Å²) in [5.41, 5.74) is 0.139. The van der Waals surface area contributed by atoms with Gasteiger partial charge in [0.25, 0.3) is 0 Å². The quantitative estimate of drug-likeness (QED) is 0.708. The maximum absolute atomic E-state index is 12.4. The number of hydrogen-bond donors (Lipinski definition) is 1. The van der Waals surface area contributed by atoms with Gasteiger partial charge in [0.2, 0.25) is 10.0 Å². The minimum Gasteiger partial charge on any atom is -0.494 e. The van der Waals surface area contributed by atoms with Crippen molar-refractivity contribution in [3.63, 3.8) is 0 Å². The highest BCUT2D eigenvalue weighted by atomic mass is 35.5. The van der Waals surface area contributed by atoms with Crippen LogP contribution in [0.15, 0.2) is 53.4 Å². The fraction of sp³-hybridized carbons (Fsp3) is 0.235. The number of benzene rings is 2. The molecule has 0 spiro atoms. The van der Waals surface area contributed by atoms with Crippen molar-refractivity contribution in [2.45, 2.75) is 11.3 Å². The van der Waals surface area contributed by atoms with E-state index in [-0.39, 0.29) is 23.6 Å². The van der Waals surface area contributed by atoms with Gasteiger partial charge >= 0.3 is 5.97 Å². The maximum Gasteiger partial charge on any atom is 0.335 e. The van der Waals surface area contributed by atoms with Gasteiger partial charge in [-0.3, -0.25) is 0 Å². The second-order valence-electron chi connectivity index (χ2n) is 5.32. The minimum atomic E-state index is -3.58. The van der Waals surface area contributed by atoms with Crippen molar-refractivity contribution in [2.24, 2.45) is 0 Å². The summed E-state index contributed by atoms with van der Waals surface area (Å²) < 4.78 is 31.5. The van der Waals surface area contributed by atoms with E-state index in [0.717, 1.165) is 0 Å². The van der Waals surface area contributed by atoms with Crippen LogP contribution in [0.1, 0.15) is 16.8 Å². The van der Waals surface area contributed by atoms with Gasteiger partial charge in [0, 0.05) is 18.6 Å². The van der Waals surface area contributed by atoms with E-state index in [9.17, 15) is 13.2 Å². The van der Waals surface area contributed by atoms with Crippen LogP contribution in [-0.4, -0.2) is 44.0 Å². The zero-order valence-corrected chi connectivity index (χ0v) is 15.1. The second-order valence-corrected chi connectivity index (χ2v) is 7.80. The first-order valence-corrected chi connectivity index (χ1v) is 9.30. The van der Waals surface area contributed by atoms with Crippen LogP contribution in [-0.2, 0) is 10.0 Å². The van der Waals surface area contributed by atoms with Crippen LogP contribution in [0, 0.1) is 0 Å². The van der Waals surface area contributed by atoms with E-state index in [2.05, 4.69) is 0 Å². The molecule has 1 N–H and O–H groups in total. The maximum atomic E-state index is 12.4. The number of hydrogen-bond acceptors (Lipinski definition) is 4. The SMILES string of the molecule is CN(CCCOc1cccc(C(=O)O)c1)S(=O)(=O)c1ccc(Cl)cc1. The molecule has 6 nitrogen and oxygen atoms in total. The standard InChI is InChI=1S/C17H18ClNO5S/c1-19(25(22,23)16-8-6-14(18)7-9-16)10-3-11-24-15-5-2-4-13(12-15)17(20)21/h2,4-9,12H,3,10-11H2,1H3,(H,20,21). The summed E-state index contributed by atoms with van der Waals surface area (Å²) in [7, 11) is -2.08. The molecule has 0 amide bonds. The summed E-state index contributed by atoms with van der Waals surface area (Å²) in [5.74, 6) is -0.595. The molecule has 2 aromatic rings. The molecule has 0 heterocycles. The largest absolute Gasteiger partial charge is 0.494 e. The molecular formula is C17H18ClNO5S. The molecule has 8 heteroatoms. The van der Waals surface area contributed by atoms with Crippen molar-refractivity contribution in [1.29, 1.82) is 0 Å². The van der Waals surface area contributed by atoms with Crippen molar-refractivity contribution in [3.05, 3.63) is 59.1 Å².